The van der Waals surface area contributed by atoms with E-state index in [4.69, 9.17) is 9.47 Å². The Labute approximate surface area is 159 Å². The number of ether oxygens (including phenoxy) is 2. The van der Waals surface area contributed by atoms with Crippen molar-refractivity contribution in [2.24, 2.45) is 11.8 Å². The number of methoxy groups -OCH3 is 2. The summed E-state index contributed by atoms with van der Waals surface area (Å²) in [6.45, 7) is 2.85. The van der Waals surface area contributed by atoms with Crippen LogP contribution in [0.15, 0.2) is 24.3 Å². The lowest BCUT2D eigenvalue weighted by atomic mass is 9.65. The quantitative estimate of drug-likeness (QED) is 0.763. The third-order valence-electron chi connectivity index (χ3n) is 7.51. The molecule has 144 valence electrons. The SMILES string of the molecule is CC[C@@H]1CN2C(=O)C[C@@H]3c4ccccc4N4[C@@H](C(=O)OC)[C@H]1C[C@H]2[C@]34OC. The number of hydrogen-bond acceptors (Lipinski definition) is 5. The first-order valence-corrected chi connectivity index (χ1v) is 9.89. The average Bonchev–Trinajstić information content (AvgIpc) is 2.98. The van der Waals surface area contributed by atoms with Gasteiger partial charge in [0.25, 0.3) is 0 Å². The fourth-order valence-electron chi connectivity index (χ4n) is 6.44. The highest BCUT2D eigenvalue weighted by Gasteiger charge is 2.70. The average molecular weight is 370 g/mol. The fourth-order valence-corrected chi connectivity index (χ4v) is 6.44. The van der Waals surface area contributed by atoms with Gasteiger partial charge in [-0.25, -0.2) is 4.79 Å². The van der Waals surface area contributed by atoms with Crippen LogP contribution in [-0.4, -0.2) is 55.3 Å². The molecule has 0 aliphatic carbocycles. The van der Waals surface area contributed by atoms with Crippen molar-refractivity contribution in [1.29, 1.82) is 0 Å². The molecule has 0 unspecified atom stereocenters. The molecule has 1 aromatic carbocycles. The molecule has 0 radical (unpaired) electrons. The van der Waals surface area contributed by atoms with Crippen LogP contribution in [0.4, 0.5) is 5.69 Å². The van der Waals surface area contributed by atoms with E-state index in [-0.39, 0.29) is 41.7 Å². The van der Waals surface area contributed by atoms with Gasteiger partial charge in [0.15, 0.2) is 5.72 Å². The number of fused-ring (bicyclic) bond motifs is 4. The van der Waals surface area contributed by atoms with E-state index >= 15 is 0 Å². The lowest BCUT2D eigenvalue weighted by Crippen LogP contribution is -2.78. The molecule has 5 rings (SSSR count). The molecule has 4 heterocycles. The number of amides is 1. The summed E-state index contributed by atoms with van der Waals surface area (Å²) < 4.78 is 11.5. The number of nitrogens with zero attached hydrogens (tertiary/aromatic N) is 2. The van der Waals surface area contributed by atoms with Gasteiger partial charge in [0, 0.05) is 31.7 Å². The van der Waals surface area contributed by atoms with Gasteiger partial charge in [0.1, 0.15) is 6.04 Å². The van der Waals surface area contributed by atoms with Crippen LogP contribution in [0, 0.1) is 11.8 Å². The summed E-state index contributed by atoms with van der Waals surface area (Å²) in [6.07, 6.45) is 2.15. The molecule has 6 nitrogen and oxygen atoms in total. The van der Waals surface area contributed by atoms with E-state index in [9.17, 15) is 9.59 Å². The molecule has 0 aromatic heterocycles. The van der Waals surface area contributed by atoms with Crippen molar-refractivity contribution in [1.82, 2.24) is 4.90 Å². The maximum absolute atomic E-state index is 13.1. The molecule has 3 fully saturated rings. The van der Waals surface area contributed by atoms with Crippen molar-refractivity contribution >= 4 is 17.6 Å². The number of carbonyl (C=O) groups is 2. The molecule has 0 N–H and O–H groups in total. The Kier molecular flexibility index (Phi) is 3.60. The first-order valence-electron chi connectivity index (χ1n) is 9.89. The number of rotatable bonds is 3. The van der Waals surface area contributed by atoms with Gasteiger partial charge < -0.3 is 19.3 Å². The van der Waals surface area contributed by atoms with Crippen LogP contribution in [0.3, 0.4) is 0 Å². The summed E-state index contributed by atoms with van der Waals surface area (Å²) in [7, 11) is 3.19. The van der Waals surface area contributed by atoms with Gasteiger partial charge in [0.2, 0.25) is 5.91 Å². The first kappa shape index (κ1) is 17.0. The van der Waals surface area contributed by atoms with Gasteiger partial charge in [-0.15, -0.1) is 0 Å². The summed E-state index contributed by atoms with van der Waals surface area (Å²) in [6, 6.07) is 7.73. The predicted octanol–water partition coefficient (Wildman–Crippen LogP) is 2.14. The maximum Gasteiger partial charge on any atom is 0.328 e. The molecule has 4 aliphatic heterocycles. The summed E-state index contributed by atoms with van der Waals surface area (Å²) in [5.41, 5.74) is 1.44. The van der Waals surface area contributed by atoms with Gasteiger partial charge in [-0.05, 0) is 29.9 Å². The molecule has 6 heteroatoms. The number of hydrogen-bond donors (Lipinski definition) is 0. The van der Waals surface area contributed by atoms with Crippen LogP contribution >= 0.6 is 0 Å². The molecule has 6 atom stereocenters. The predicted molar refractivity (Wildman–Crippen MR) is 99.2 cm³/mol. The molecule has 4 aliphatic rings. The Balaban J connectivity index is 1.77. The third-order valence-corrected chi connectivity index (χ3v) is 7.51. The van der Waals surface area contributed by atoms with Crippen molar-refractivity contribution in [3.8, 4) is 0 Å². The lowest BCUT2D eigenvalue weighted by molar-refractivity contribution is -0.191. The standard InChI is InChI=1S/C21H26N2O4/c1-4-12-11-22-17-9-14(12)19(20(25)26-2)23-16-8-6-5-7-13(16)15(10-18(22)24)21(17,23)27-3/h5-8,12,14-15,17,19H,4,9-11H2,1-3H3/t12-,14+,15-,17+,19-,21-/m1/s1. The molecular formula is C21H26N2O4. The van der Waals surface area contributed by atoms with E-state index in [0.29, 0.717) is 13.0 Å². The molecule has 3 saturated heterocycles. The van der Waals surface area contributed by atoms with E-state index < -0.39 is 5.72 Å². The Morgan fingerprint density at radius 2 is 2.07 bits per heavy atom. The number of piperidine rings is 3. The van der Waals surface area contributed by atoms with Gasteiger partial charge in [0.05, 0.1) is 13.2 Å². The highest BCUT2D eigenvalue weighted by atomic mass is 16.5. The molecule has 0 spiro atoms. The van der Waals surface area contributed by atoms with Crippen LogP contribution in [0.2, 0.25) is 0 Å². The highest BCUT2D eigenvalue weighted by molar-refractivity contribution is 5.88. The molecule has 2 bridgehead atoms. The van der Waals surface area contributed by atoms with Crippen molar-refractivity contribution in [3.63, 3.8) is 0 Å². The summed E-state index contributed by atoms with van der Waals surface area (Å²) in [5.74, 6) is 0.397. The maximum atomic E-state index is 13.1. The van der Waals surface area contributed by atoms with Crippen molar-refractivity contribution < 1.29 is 19.1 Å². The number of carbonyl (C=O) groups excluding carboxylic acids is 2. The fraction of sp³-hybridized carbons (Fsp3) is 0.619. The molecule has 1 amide bonds. The van der Waals surface area contributed by atoms with E-state index in [1.165, 1.54) is 7.11 Å². The Morgan fingerprint density at radius 1 is 1.30 bits per heavy atom. The van der Waals surface area contributed by atoms with E-state index in [0.717, 1.165) is 24.1 Å². The summed E-state index contributed by atoms with van der Waals surface area (Å²) in [4.78, 5) is 30.3. The third kappa shape index (κ3) is 1.89. The van der Waals surface area contributed by atoms with Crippen molar-refractivity contribution in [3.05, 3.63) is 29.8 Å². The Bertz CT molecular complexity index is 811. The number of esters is 1. The topological polar surface area (TPSA) is 59.1 Å². The van der Waals surface area contributed by atoms with E-state index in [2.05, 4.69) is 24.0 Å². The molecule has 0 saturated carbocycles. The van der Waals surface area contributed by atoms with Gasteiger partial charge >= 0.3 is 5.97 Å². The minimum Gasteiger partial charge on any atom is -0.467 e. The van der Waals surface area contributed by atoms with Crippen LogP contribution in [0.1, 0.15) is 37.7 Å². The van der Waals surface area contributed by atoms with Crippen LogP contribution < -0.4 is 4.90 Å². The zero-order chi connectivity index (χ0) is 18.9. The minimum atomic E-state index is -0.689. The smallest absolute Gasteiger partial charge is 0.328 e. The number of anilines is 1. The van der Waals surface area contributed by atoms with Crippen LogP contribution in [0.5, 0.6) is 0 Å². The second-order valence-electron chi connectivity index (χ2n) is 8.24. The largest absolute Gasteiger partial charge is 0.467 e. The number of benzene rings is 1. The normalized spacial score (nSPS) is 38.6. The van der Waals surface area contributed by atoms with Crippen molar-refractivity contribution in [2.75, 3.05) is 25.7 Å². The zero-order valence-electron chi connectivity index (χ0n) is 16.1. The monoisotopic (exact) mass is 370 g/mol. The highest BCUT2D eigenvalue weighted by Crippen LogP contribution is 2.61. The number of para-hydroxylation sites is 1. The summed E-state index contributed by atoms with van der Waals surface area (Å²) >= 11 is 0. The Hall–Kier alpha value is -2.08. The van der Waals surface area contributed by atoms with Gasteiger partial charge in [-0.1, -0.05) is 31.5 Å². The zero-order valence-corrected chi connectivity index (χ0v) is 16.1. The second-order valence-corrected chi connectivity index (χ2v) is 8.24. The van der Waals surface area contributed by atoms with Gasteiger partial charge in [-0.3, -0.25) is 4.79 Å². The summed E-state index contributed by atoms with van der Waals surface area (Å²) in [5, 5.41) is 0. The van der Waals surface area contributed by atoms with E-state index in [1.807, 2.05) is 17.0 Å². The molecule has 27 heavy (non-hydrogen) atoms. The van der Waals surface area contributed by atoms with Crippen LogP contribution in [0.25, 0.3) is 0 Å². The Morgan fingerprint density at radius 3 is 2.78 bits per heavy atom. The second kappa shape index (κ2) is 5.71. The van der Waals surface area contributed by atoms with E-state index in [1.54, 1.807) is 7.11 Å². The molecular weight excluding hydrogens is 344 g/mol. The van der Waals surface area contributed by atoms with Crippen molar-refractivity contribution in [2.45, 2.75) is 49.9 Å². The van der Waals surface area contributed by atoms with Crippen LogP contribution in [-0.2, 0) is 19.1 Å². The first-order chi connectivity index (χ1) is 13.1. The molecule has 1 aromatic rings. The van der Waals surface area contributed by atoms with Gasteiger partial charge in [-0.2, -0.15) is 0 Å². The minimum absolute atomic E-state index is 0.0325. The lowest BCUT2D eigenvalue weighted by Gasteiger charge is -2.64.